The molecule has 1 spiro atoms. The number of pyridine rings is 1. The molecule has 1 saturated heterocycles. The third-order valence-electron chi connectivity index (χ3n) is 6.37. The van der Waals surface area contributed by atoms with Crippen LogP contribution in [0.5, 0.6) is 5.88 Å². The number of amides is 1. The Morgan fingerprint density at radius 2 is 2.04 bits per heavy atom. The molecule has 0 atom stereocenters. The second-order valence-electron chi connectivity index (χ2n) is 7.73. The van der Waals surface area contributed by atoms with E-state index >= 15 is 0 Å². The Bertz CT molecular complexity index is 655. The van der Waals surface area contributed by atoms with Gasteiger partial charge in [0.15, 0.2) is 0 Å². The average Bonchev–Trinajstić information content (AvgIpc) is 2.77. The summed E-state index contributed by atoms with van der Waals surface area (Å²) in [5.41, 5.74) is 1.56. The number of fused-ring (bicyclic) bond motifs is 2. The second-order valence-corrected chi connectivity index (χ2v) is 7.73. The number of methoxy groups -OCH3 is 1. The third-order valence-corrected chi connectivity index (χ3v) is 6.37. The zero-order chi connectivity index (χ0) is 17.4. The molecule has 0 bridgehead atoms. The van der Waals surface area contributed by atoms with Gasteiger partial charge in [-0.15, -0.1) is 0 Å². The van der Waals surface area contributed by atoms with Crippen LogP contribution in [0.3, 0.4) is 0 Å². The van der Waals surface area contributed by atoms with Crippen molar-refractivity contribution < 1.29 is 9.53 Å². The molecule has 2 fully saturated rings. The molecule has 2 aliphatic heterocycles. The summed E-state index contributed by atoms with van der Waals surface area (Å²) in [6, 6.07) is 2.56. The van der Waals surface area contributed by atoms with Crippen LogP contribution in [0.4, 0.5) is 5.69 Å². The fourth-order valence-electron chi connectivity index (χ4n) is 4.80. The molecule has 0 radical (unpaired) electrons. The Labute approximate surface area is 149 Å². The van der Waals surface area contributed by atoms with Crippen LogP contribution in [0.2, 0.25) is 0 Å². The highest BCUT2D eigenvalue weighted by Gasteiger charge is 2.49. The van der Waals surface area contributed by atoms with E-state index in [1.54, 1.807) is 13.3 Å². The van der Waals surface area contributed by atoms with Crippen molar-refractivity contribution in [1.82, 2.24) is 14.8 Å². The lowest BCUT2D eigenvalue weighted by atomic mass is 9.69. The largest absolute Gasteiger partial charge is 0.481 e. The van der Waals surface area contributed by atoms with Crippen LogP contribution in [-0.4, -0.2) is 67.1 Å². The maximum atomic E-state index is 12.8. The van der Waals surface area contributed by atoms with Crippen LogP contribution >= 0.6 is 0 Å². The minimum Gasteiger partial charge on any atom is -0.481 e. The first kappa shape index (κ1) is 16.8. The van der Waals surface area contributed by atoms with Gasteiger partial charge >= 0.3 is 0 Å². The molecule has 1 saturated carbocycles. The van der Waals surface area contributed by atoms with Gasteiger partial charge in [-0.3, -0.25) is 9.69 Å². The summed E-state index contributed by atoms with van der Waals surface area (Å²) >= 11 is 0. The van der Waals surface area contributed by atoms with E-state index in [0.29, 0.717) is 11.9 Å². The summed E-state index contributed by atoms with van der Waals surface area (Å²) < 4.78 is 5.29. The summed E-state index contributed by atoms with van der Waals surface area (Å²) in [6.45, 7) is 4.67. The van der Waals surface area contributed by atoms with Crippen LogP contribution in [0.15, 0.2) is 12.3 Å². The standard InChI is InChI=1S/C19H28N4O2/c1-22-8-3-9-23(11-10-22)14-4-6-19(7-5-14)15-12-17(25-2)20-13-16(15)21-18(19)24/h12-14H,3-11H2,1-2H3,(H,21,24). The lowest BCUT2D eigenvalue weighted by molar-refractivity contribution is -0.122. The molecule has 0 unspecified atom stereocenters. The van der Waals surface area contributed by atoms with Gasteiger partial charge in [-0.2, -0.15) is 0 Å². The van der Waals surface area contributed by atoms with E-state index < -0.39 is 0 Å². The molecule has 3 heterocycles. The number of likely N-dealkylation sites (N-methyl/N-ethyl adjacent to an activating group) is 1. The van der Waals surface area contributed by atoms with Gasteiger partial charge in [0, 0.05) is 25.2 Å². The van der Waals surface area contributed by atoms with Crippen molar-refractivity contribution in [3.8, 4) is 5.88 Å². The Hall–Kier alpha value is -1.66. The number of anilines is 1. The first-order valence-corrected chi connectivity index (χ1v) is 9.41. The van der Waals surface area contributed by atoms with E-state index in [4.69, 9.17) is 4.74 Å². The molecule has 6 heteroatoms. The normalized spacial score (nSPS) is 30.8. The molecule has 1 N–H and O–H groups in total. The molecular weight excluding hydrogens is 316 g/mol. The minimum atomic E-state index is -0.384. The number of nitrogens with one attached hydrogen (secondary N) is 1. The molecule has 0 aromatic carbocycles. The molecule has 1 aromatic heterocycles. The summed E-state index contributed by atoms with van der Waals surface area (Å²) in [6.07, 6.45) is 6.97. The molecule has 1 aliphatic carbocycles. The van der Waals surface area contributed by atoms with Gasteiger partial charge in [-0.05, 0) is 57.8 Å². The smallest absolute Gasteiger partial charge is 0.235 e. The highest BCUT2D eigenvalue weighted by molar-refractivity contribution is 6.06. The van der Waals surface area contributed by atoms with Crippen LogP contribution in [-0.2, 0) is 10.2 Å². The molecule has 1 aromatic rings. The summed E-state index contributed by atoms with van der Waals surface area (Å²) in [5, 5.41) is 3.04. The monoisotopic (exact) mass is 344 g/mol. The van der Waals surface area contributed by atoms with Crippen LogP contribution < -0.4 is 10.1 Å². The Morgan fingerprint density at radius 3 is 2.80 bits per heavy atom. The topological polar surface area (TPSA) is 57.7 Å². The molecular formula is C19H28N4O2. The van der Waals surface area contributed by atoms with Crippen molar-refractivity contribution in [1.29, 1.82) is 0 Å². The molecule has 25 heavy (non-hydrogen) atoms. The van der Waals surface area contributed by atoms with E-state index in [-0.39, 0.29) is 11.3 Å². The van der Waals surface area contributed by atoms with Crippen molar-refractivity contribution in [3.05, 3.63) is 17.8 Å². The number of aromatic nitrogens is 1. The first-order chi connectivity index (χ1) is 12.1. The fraction of sp³-hybridized carbons (Fsp3) is 0.684. The van der Waals surface area contributed by atoms with Crippen molar-refractivity contribution in [2.24, 2.45) is 0 Å². The van der Waals surface area contributed by atoms with Crippen molar-refractivity contribution in [2.75, 3.05) is 45.7 Å². The molecule has 4 rings (SSSR count). The van der Waals surface area contributed by atoms with Crippen molar-refractivity contribution >= 4 is 11.6 Å². The summed E-state index contributed by atoms with van der Waals surface area (Å²) in [4.78, 5) is 22.1. The lowest BCUT2D eigenvalue weighted by Gasteiger charge is -2.40. The van der Waals surface area contributed by atoms with Crippen molar-refractivity contribution in [3.63, 3.8) is 0 Å². The van der Waals surface area contributed by atoms with Crippen molar-refractivity contribution in [2.45, 2.75) is 43.6 Å². The fourth-order valence-corrected chi connectivity index (χ4v) is 4.80. The SMILES string of the molecule is COc1cc2c(cn1)NC(=O)C21CCC(N2CCCN(C)CC2)CC1. The first-order valence-electron chi connectivity index (χ1n) is 9.41. The van der Waals surface area contributed by atoms with Crippen LogP contribution in [0.25, 0.3) is 0 Å². The van der Waals surface area contributed by atoms with E-state index in [0.717, 1.165) is 50.0 Å². The number of rotatable bonds is 2. The van der Waals surface area contributed by atoms with E-state index in [9.17, 15) is 4.79 Å². The predicted octanol–water partition coefficient (Wildman–Crippen LogP) is 1.86. The summed E-state index contributed by atoms with van der Waals surface area (Å²) in [7, 11) is 3.83. The molecule has 1 amide bonds. The van der Waals surface area contributed by atoms with Crippen LogP contribution in [0.1, 0.15) is 37.7 Å². The van der Waals surface area contributed by atoms with Gasteiger partial charge in [-0.25, -0.2) is 4.98 Å². The van der Waals surface area contributed by atoms with Gasteiger partial charge in [-0.1, -0.05) is 0 Å². The number of nitrogens with zero attached hydrogens (tertiary/aromatic N) is 3. The maximum Gasteiger partial charge on any atom is 0.235 e. The van der Waals surface area contributed by atoms with E-state index in [1.165, 1.54) is 19.5 Å². The summed E-state index contributed by atoms with van der Waals surface area (Å²) in [5.74, 6) is 0.735. The van der Waals surface area contributed by atoms with Gasteiger partial charge in [0.2, 0.25) is 11.8 Å². The highest BCUT2D eigenvalue weighted by Crippen LogP contribution is 2.48. The number of ether oxygens (including phenoxy) is 1. The third kappa shape index (κ3) is 2.91. The van der Waals surface area contributed by atoms with Crippen LogP contribution in [0, 0.1) is 0 Å². The number of carbonyl (C=O) groups excluding carboxylic acids is 1. The molecule has 6 nitrogen and oxygen atoms in total. The molecule has 3 aliphatic rings. The number of hydrogen-bond acceptors (Lipinski definition) is 5. The van der Waals surface area contributed by atoms with Gasteiger partial charge < -0.3 is 15.0 Å². The zero-order valence-electron chi connectivity index (χ0n) is 15.3. The van der Waals surface area contributed by atoms with Gasteiger partial charge in [0.05, 0.1) is 24.4 Å². The average molecular weight is 344 g/mol. The van der Waals surface area contributed by atoms with E-state index in [1.807, 2.05) is 6.07 Å². The maximum absolute atomic E-state index is 12.8. The molecule has 136 valence electrons. The Morgan fingerprint density at radius 1 is 1.24 bits per heavy atom. The Kier molecular flexibility index (Phi) is 4.41. The van der Waals surface area contributed by atoms with Gasteiger partial charge in [0.1, 0.15) is 0 Å². The number of hydrogen-bond donors (Lipinski definition) is 1. The highest BCUT2D eigenvalue weighted by atomic mass is 16.5. The van der Waals surface area contributed by atoms with Gasteiger partial charge in [0.25, 0.3) is 0 Å². The quantitative estimate of drug-likeness (QED) is 0.887. The Balaban J connectivity index is 1.50. The number of carbonyl (C=O) groups is 1. The predicted molar refractivity (Wildman–Crippen MR) is 97.0 cm³/mol. The minimum absolute atomic E-state index is 0.145. The lowest BCUT2D eigenvalue weighted by Crippen LogP contribution is -2.46. The second kappa shape index (κ2) is 6.57. The van der Waals surface area contributed by atoms with E-state index in [2.05, 4.69) is 27.1 Å². The zero-order valence-corrected chi connectivity index (χ0v) is 15.3.